The van der Waals surface area contributed by atoms with E-state index in [0.717, 1.165) is 13.1 Å². The molecule has 1 N–H and O–H groups in total. The normalized spacial score (nSPS) is 19.9. The van der Waals surface area contributed by atoms with Gasteiger partial charge in [0.2, 0.25) is 0 Å². The number of ether oxygens (including phenoxy) is 1. The van der Waals surface area contributed by atoms with Crippen molar-refractivity contribution in [2.45, 2.75) is 25.8 Å². The topological polar surface area (TPSA) is 49.8 Å². The van der Waals surface area contributed by atoms with Crippen molar-refractivity contribution in [2.75, 3.05) is 19.7 Å². The lowest BCUT2D eigenvalue weighted by Gasteiger charge is -2.21. The van der Waals surface area contributed by atoms with E-state index in [-0.39, 0.29) is 5.56 Å². The summed E-state index contributed by atoms with van der Waals surface area (Å²) in [7, 11) is 0. The lowest BCUT2D eigenvalue weighted by Crippen LogP contribution is -2.31. The van der Waals surface area contributed by atoms with Crippen LogP contribution in [-0.4, -0.2) is 41.7 Å². The van der Waals surface area contributed by atoms with Crippen molar-refractivity contribution in [3.05, 3.63) is 29.8 Å². The minimum absolute atomic E-state index is 0.229. The Morgan fingerprint density at radius 2 is 2.28 bits per heavy atom. The van der Waals surface area contributed by atoms with Crippen molar-refractivity contribution in [3.63, 3.8) is 0 Å². The first-order valence-corrected chi connectivity index (χ1v) is 6.37. The number of benzene rings is 1. The van der Waals surface area contributed by atoms with Crippen LogP contribution in [-0.2, 0) is 0 Å². The summed E-state index contributed by atoms with van der Waals surface area (Å²) in [5, 5.41) is 9.03. The highest BCUT2D eigenvalue weighted by molar-refractivity contribution is 5.90. The zero-order valence-electron chi connectivity index (χ0n) is 10.6. The second-order valence-electron chi connectivity index (χ2n) is 4.68. The van der Waals surface area contributed by atoms with Gasteiger partial charge in [0.1, 0.15) is 17.9 Å². The predicted octanol–water partition coefficient (Wildman–Crippen LogP) is 2.25. The average Bonchev–Trinajstić information content (AvgIpc) is 2.76. The number of hydrogen-bond donors (Lipinski definition) is 1. The minimum Gasteiger partial charge on any atom is -0.491 e. The van der Waals surface area contributed by atoms with Crippen LogP contribution in [0.2, 0.25) is 0 Å². The largest absolute Gasteiger partial charge is 0.491 e. The highest BCUT2D eigenvalue weighted by atomic mass is 16.5. The fourth-order valence-corrected chi connectivity index (χ4v) is 2.37. The van der Waals surface area contributed by atoms with E-state index >= 15 is 0 Å². The molecule has 2 rings (SSSR count). The van der Waals surface area contributed by atoms with Gasteiger partial charge in [-0.25, -0.2) is 4.79 Å². The van der Waals surface area contributed by atoms with Crippen LogP contribution in [0.5, 0.6) is 5.75 Å². The van der Waals surface area contributed by atoms with E-state index in [2.05, 4.69) is 11.8 Å². The van der Waals surface area contributed by atoms with E-state index in [4.69, 9.17) is 9.84 Å². The van der Waals surface area contributed by atoms with E-state index in [0.29, 0.717) is 18.4 Å². The molecule has 1 heterocycles. The van der Waals surface area contributed by atoms with Crippen molar-refractivity contribution in [3.8, 4) is 5.75 Å². The molecular formula is C14H19NO3. The smallest absolute Gasteiger partial charge is 0.339 e. The van der Waals surface area contributed by atoms with Gasteiger partial charge in [-0.15, -0.1) is 0 Å². The number of carboxylic acid groups (broad SMARTS) is 1. The molecule has 1 aliphatic rings. The molecule has 1 unspecified atom stereocenters. The zero-order valence-corrected chi connectivity index (χ0v) is 10.6. The first-order valence-electron chi connectivity index (χ1n) is 6.37. The maximum atomic E-state index is 11.0. The van der Waals surface area contributed by atoms with E-state index in [9.17, 15) is 4.79 Å². The summed E-state index contributed by atoms with van der Waals surface area (Å²) < 4.78 is 5.59. The van der Waals surface area contributed by atoms with E-state index in [1.807, 2.05) is 0 Å². The third kappa shape index (κ3) is 3.01. The van der Waals surface area contributed by atoms with Crippen LogP contribution in [0, 0.1) is 0 Å². The maximum Gasteiger partial charge on any atom is 0.339 e. The van der Waals surface area contributed by atoms with Crippen molar-refractivity contribution >= 4 is 5.97 Å². The highest BCUT2D eigenvalue weighted by Gasteiger charge is 2.19. The van der Waals surface area contributed by atoms with Crippen LogP contribution in [0.15, 0.2) is 24.3 Å². The molecule has 0 spiro atoms. The Bertz CT molecular complexity index is 419. The Balaban J connectivity index is 1.88. The molecule has 1 aromatic carbocycles. The van der Waals surface area contributed by atoms with Crippen molar-refractivity contribution in [1.82, 2.24) is 4.90 Å². The molecule has 0 aliphatic carbocycles. The van der Waals surface area contributed by atoms with Crippen molar-refractivity contribution < 1.29 is 14.6 Å². The minimum atomic E-state index is -0.944. The van der Waals surface area contributed by atoms with Gasteiger partial charge >= 0.3 is 5.97 Å². The summed E-state index contributed by atoms with van der Waals surface area (Å²) in [5.74, 6) is -0.489. The molecule has 0 bridgehead atoms. The van der Waals surface area contributed by atoms with Gasteiger partial charge in [0.05, 0.1) is 0 Å². The second-order valence-corrected chi connectivity index (χ2v) is 4.68. The first kappa shape index (κ1) is 12.9. The monoisotopic (exact) mass is 249 g/mol. The molecule has 0 radical (unpaired) electrons. The fourth-order valence-electron chi connectivity index (χ4n) is 2.37. The van der Waals surface area contributed by atoms with Gasteiger partial charge in [-0.1, -0.05) is 12.1 Å². The van der Waals surface area contributed by atoms with Crippen molar-refractivity contribution in [2.24, 2.45) is 0 Å². The summed E-state index contributed by atoms with van der Waals surface area (Å²) in [6.45, 7) is 4.73. The Labute approximate surface area is 107 Å². The highest BCUT2D eigenvalue weighted by Crippen LogP contribution is 2.19. The molecule has 4 nitrogen and oxygen atoms in total. The number of para-hydroxylation sites is 1. The van der Waals surface area contributed by atoms with Crippen LogP contribution >= 0.6 is 0 Å². The van der Waals surface area contributed by atoms with E-state index in [1.165, 1.54) is 12.8 Å². The zero-order chi connectivity index (χ0) is 13.0. The second kappa shape index (κ2) is 5.87. The number of carboxylic acids is 1. The summed E-state index contributed by atoms with van der Waals surface area (Å²) in [6, 6.07) is 7.38. The Hall–Kier alpha value is -1.55. The average molecular weight is 249 g/mol. The van der Waals surface area contributed by atoms with Gasteiger partial charge in [-0.2, -0.15) is 0 Å². The number of likely N-dealkylation sites (tertiary alicyclic amines) is 1. The van der Waals surface area contributed by atoms with E-state index in [1.54, 1.807) is 24.3 Å². The standard InChI is InChI=1S/C14H19NO3/c1-11-5-4-8-15(11)9-10-18-13-7-3-2-6-12(13)14(16)17/h2-3,6-7,11H,4-5,8-10H2,1H3,(H,16,17). The summed E-state index contributed by atoms with van der Waals surface area (Å²) in [6.07, 6.45) is 2.48. The molecule has 1 aromatic rings. The lowest BCUT2D eigenvalue weighted by molar-refractivity contribution is 0.0691. The van der Waals surface area contributed by atoms with Gasteiger partial charge in [0.25, 0.3) is 0 Å². The number of rotatable bonds is 5. The third-order valence-electron chi connectivity index (χ3n) is 3.44. The maximum absolute atomic E-state index is 11.0. The van der Waals surface area contributed by atoms with Crippen LogP contribution in [0.1, 0.15) is 30.1 Å². The molecule has 0 aromatic heterocycles. The fraction of sp³-hybridized carbons (Fsp3) is 0.500. The molecule has 0 amide bonds. The van der Waals surface area contributed by atoms with Gasteiger partial charge in [-0.05, 0) is 38.4 Å². The first-order chi connectivity index (χ1) is 8.68. The van der Waals surface area contributed by atoms with Gasteiger partial charge in [0.15, 0.2) is 0 Å². The summed E-state index contributed by atoms with van der Waals surface area (Å²) in [5.41, 5.74) is 0.229. The van der Waals surface area contributed by atoms with Gasteiger partial charge < -0.3 is 9.84 Å². The summed E-state index contributed by atoms with van der Waals surface area (Å²) >= 11 is 0. The van der Waals surface area contributed by atoms with Crippen LogP contribution < -0.4 is 4.74 Å². The number of aromatic carboxylic acids is 1. The Morgan fingerprint density at radius 1 is 1.50 bits per heavy atom. The van der Waals surface area contributed by atoms with Crippen LogP contribution in [0.3, 0.4) is 0 Å². The molecular weight excluding hydrogens is 230 g/mol. The van der Waals surface area contributed by atoms with Gasteiger partial charge in [0, 0.05) is 12.6 Å². The molecule has 0 saturated carbocycles. The third-order valence-corrected chi connectivity index (χ3v) is 3.44. The Kier molecular flexibility index (Phi) is 4.20. The molecule has 1 saturated heterocycles. The predicted molar refractivity (Wildman–Crippen MR) is 69.2 cm³/mol. The van der Waals surface area contributed by atoms with Gasteiger partial charge in [-0.3, -0.25) is 4.90 Å². The quantitative estimate of drug-likeness (QED) is 0.869. The number of carbonyl (C=O) groups is 1. The molecule has 4 heteroatoms. The lowest BCUT2D eigenvalue weighted by atomic mass is 10.2. The summed E-state index contributed by atoms with van der Waals surface area (Å²) in [4.78, 5) is 13.4. The SMILES string of the molecule is CC1CCCN1CCOc1ccccc1C(=O)O. The molecule has 1 fully saturated rings. The number of hydrogen-bond acceptors (Lipinski definition) is 3. The number of nitrogens with zero attached hydrogens (tertiary/aromatic N) is 1. The van der Waals surface area contributed by atoms with Crippen LogP contribution in [0.25, 0.3) is 0 Å². The van der Waals surface area contributed by atoms with E-state index < -0.39 is 5.97 Å². The molecule has 98 valence electrons. The van der Waals surface area contributed by atoms with Crippen LogP contribution in [0.4, 0.5) is 0 Å². The molecule has 1 atom stereocenters. The molecule has 1 aliphatic heterocycles. The molecule has 18 heavy (non-hydrogen) atoms. The Morgan fingerprint density at radius 3 is 2.94 bits per heavy atom. The van der Waals surface area contributed by atoms with Crippen molar-refractivity contribution in [1.29, 1.82) is 0 Å².